The van der Waals surface area contributed by atoms with Crippen molar-refractivity contribution in [1.29, 1.82) is 0 Å². The van der Waals surface area contributed by atoms with Crippen molar-refractivity contribution in [2.45, 2.75) is 13.8 Å². The topological polar surface area (TPSA) is 91.9 Å². The van der Waals surface area contributed by atoms with Crippen LogP contribution in [0.2, 0.25) is 0 Å². The van der Waals surface area contributed by atoms with E-state index in [1.54, 1.807) is 37.3 Å². The van der Waals surface area contributed by atoms with E-state index in [4.69, 9.17) is 9.47 Å². The summed E-state index contributed by atoms with van der Waals surface area (Å²) in [6, 6.07) is 15.3. The predicted molar refractivity (Wildman–Crippen MR) is 134 cm³/mol. The summed E-state index contributed by atoms with van der Waals surface area (Å²) in [5.74, 6) is 3.51. The molecule has 0 bridgehead atoms. The van der Waals surface area contributed by atoms with E-state index in [2.05, 4.69) is 44.6 Å². The molecule has 3 aromatic rings. The van der Waals surface area contributed by atoms with Gasteiger partial charge in [-0.1, -0.05) is 17.7 Å². The van der Waals surface area contributed by atoms with Gasteiger partial charge >= 0.3 is 6.03 Å². The smallest absolute Gasteiger partial charge is 0.322 e. The van der Waals surface area contributed by atoms with Gasteiger partial charge in [-0.05, 0) is 38.1 Å². The molecule has 0 spiro atoms. The molecule has 1 aliphatic heterocycles. The molecular weight excluding hydrogens is 432 g/mol. The number of aryl methyl sites for hydroxylation is 2. The number of hydrogen-bond donors (Lipinski definition) is 2. The highest BCUT2D eigenvalue weighted by atomic mass is 16.5. The fourth-order valence-electron chi connectivity index (χ4n) is 3.81. The van der Waals surface area contributed by atoms with Crippen molar-refractivity contribution in [3.8, 4) is 11.5 Å². The van der Waals surface area contributed by atoms with Gasteiger partial charge in [0.2, 0.25) is 0 Å². The molecule has 34 heavy (non-hydrogen) atoms. The molecule has 9 nitrogen and oxygen atoms in total. The zero-order chi connectivity index (χ0) is 24.1. The van der Waals surface area contributed by atoms with Crippen molar-refractivity contribution in [2.24, 2.45) is 0 Å². The molecular formula is C25H30N6O3. The largest absolute Gasteiger partial charge is 0.497 e. The maximum Gasteiger partial charge on any atom is 0.322 e. The first-order valence-electron chi connectivity index (χ1n) is 11.2. The first kappa shape index (κ1) is 23.2. The summed E-state index contributed by atoms with van der Waals surface area (Å²) in [7, 11) is 3.16. The third-order valence-electron chi connectivity index (χ3n) is 5.69. The molecule has 0 atom stereocenters. The van der Waals surface area contributed by atoms with Crippen molar-refractivity contribution < 1.29 is 14.3 Å². The number of nitrogens with zero attached hydrogens (tertiary/aromatic N) is 4. The Bertz CT molecular complexity index is 1140. The van der Waals surface area contributed by atoms with Gasteiger partial charge in [0.1, 0.15) is 29.0 Å². The van der Waals surface area contributed by atoms with Crippen LogP contribution < -0.4 is 25.0 Å². The minimum Gasteiger partial charge on any atom is -0.497 e. The van der Waals surface area contributed by atoms with Crippen LogP contribution in [0.1, 0.15) is 11.4 Å². The molecule has 178 valence electrons. The van der Waals surface area contributed by atoms with Crippen LogP contribution in [0.3, 0.4) is 0 Å². The number of amides is 2. The van der Waals surface area contributed by atoms with Crippen molar-refractivity contribution in [3.63, 3.8) is 0 Å². The molecule has 1 aliphatic rings. The second kappa shape index (κ2) is 10.3. The van der Waals surface area contributed by atoms with Gasteiger partial charge in [-0.3, -0.25) is 0 Å². The summed E-state index contributed by atoms with van der Waals surface area (Å²) in [5.41, 5.74) is 2.76. The lowest BCUT2D eigenvalue weighted by molar-refractivity contribution is 0.208. The number of hydrogen-bond acceptors (Lipinski definition) is 7. The zero-order valence-corrected chi connectivity index (χ0v) is 20.0. The lowest BCUT2D eigenvalue weighted by Gasteiger charge is -2.35. The molecule has 2 heterocycles. The van der Waals surface area contributed by atoms with Crippen LogP contribution in [-0.4, -0.2) is 61.3 Å². The number of nitrogens with one attached hydrogen (secondary N) is 2. The Kier molecular flexibility index (Phi) is 7.01. The molecule has 0 radical (unpaired) electrons. The quantitative estimate of drug-likeness (QED) is 0.567. The normalized spacial score (nSPS) is 13.4. The summed E-state index contributed by atoms with van der Waals surface area (Å²) >= 11 is 0. The Balaban J connectivity index is 1.39. The van der Waals surface area contributed by atoms with E-state index in [1.807, 2.05) is 25.1 Å². The zero-order valence-electron chi connectivity index (χ0n) is 20.0. The molecule has 2 amide bonds. The van der Waals surface area contributed by atoms with Crippen LogP contribution in [0, 0.1) is 13.8 Å². The second-order valence-electron chi connectivity index (χ2n) is 8.12. The number of aromatic nitrogens is 2. The molecule has 1 fully saturated rings. The van der Waals surface area contributed by atoms with Crippen molar-refractivity contribution in [3.05, 3.63) is 59.9 Å². The minimum atomic E-state index is -0.174. The molecule has 0 aliphatic carbocycles. The number of methoxy groups -OCH3 is 2. The third kappa shape index (κ3) is 5.48. The highest BCUT2D eigenvalue weighted by Crippen LogP contribution is 2.29. The van der Waals surface area contributed by atoms with Crippen LogP contribution in [0.5, 0.6) is 11.5 Å². The van der Waals surface area contributed by atoms with Gasteiger partial charge in [-0.2, -0.15) is 0 Å². The number of benzene rings is 2. The molecule has 9 heteroatoms. The lowest BCUT2D eigenvalue weighted by Crippen LogP contribution is -2.50. The van der Waals surface area contributed by atoms with Gasteiger partial charge in [-0.15, -0.1) is 0 Å². The van der Waals surface area contributed by atoms with E-state index in [-0.39, 0.29) is 6.03 Å². The van der Waals surface area contributed by atoms with Crippen LogP contribution in [0.4, 0.5) is 27.8 Å². The molecule has 0 saturated carbocycles. The number of carbonyl (C=O) groups is 1. The first-order chi connectivity index (χ1) is 16.4. The number of urea groups is 1. The van der Waals surface area contributed by atoms with Crippen LogP contribution in [0.15, 0.2) is 48.5 Å². The van der Waals surface area contributed by atoms with E-state index < -0.39 is 0 Å². The number of ether oxygens (including phenoxy) is 2. The minimum absolute atomic E-state index is 0.174. The van der Waals surface area contributed by atoms with Crippen LogP contribution in [0.25, 0.3) is 0 Å². The Morgan fingerprint density at radius 3 is 2.32 bits per heavy atom. The summed E-state index contributed by atoms with van der Waals surface area (Å²) < 4.78 is 10.6. The monoisotopic (exact) mass is 462 g/mol. The maximum atomic E-state index is 12.9. The summed E-state index contributed by atoms with van der Waals surface area (Å²) in [4.78, 5) is 26.0. The molecule has 2 aromatic carbocycles. The number of carbonyl (C=O) groups excluding carboxylic acids is 1. The van der Waals surface area contributed by atoms with Gasteiger partial charge in [-0.25, -0.2) is 14.8 Å². The fourth-order valence-corrected chi connectivity index (χ4v) is 3.81. The summed E-state index contributed by atoms with van der Waals surface area (Å²) in [6.45, 7) is 6.43. The third-order valence-corrected chi connectivity index (χ3v) is 5.69. The lowest BCUT2D eigenvalue weighted by atomic mass is 10.2. The van der Waals surface area contributed by atoms with E-state index in [0.717, 1.165) is 17.3 Å². The van der Waals surface area contributed by atoms with Crippen molar-refractivity contribution >= 4 is 29.0 Å². The van der Waals surface area contributed by atoms with Crippen molar-refractivity contribution in [1.82, 2.24) is 14.9 Å². The average molecular weight is 463 g/mol. The van der Waals surface area contributed by atoms with E-state index in [9.17, 15) is 4.79 Å². The van der Waals surface area contributed by atoms with Gasteiger partial charge in [0, 0.05) is 44.0 Å². The van der Waals surface area contributed by atoms with Crippen LogP contribution >= 0.6 is 0 Å². The van der Waals surface area contributed by atoms with Crippen LogP contribution in [-0.2, 0) is 0 Å². The average Bonchev–Trinajstić information content (AvgIpc) is 2.85. The molecule has 4 rings (SSSR count). The fraction of sp³-hybridized carbons (Fsp3) is 0.320. The number of rotatable bonds is 6. The van der Waals surface area contributed by atoms with Gasteiger partial charge < -0.3 is 29.9 Å². The SMILES string of the molecule is COc1ccc(OC)c(NC(=O)N2CCN(c3cc(Nc4ccc(C)cc4)nc(C)n3)CC2)c1. The molecule has 0 unspecified atom stereocenters. The highest BCUT2D eigenvalue weighted by molar-refractivity contribution is 5.91. The van der Waals surface area contributed by atoms with E-state index >= 15 is 0 Å². The Hall–Kier alpha value is -4.01. The second-order valence-corrected chi connectivity index (χ2v) is 8.12. The Morgan fingerprint density at radius 1 is 0.912 bits per heavy atom. The standard InChI is InChI=1S/C25H30N6O3/c1-17-5-7-19(8-6-17)28-23-16-24(27-18(2)26-23)30-11-13-31(14-12-30)25(32)29-21-15-20(33-3)9-10-22(21)34-4/h5-10,15-16H,11-14H2,1-4H3,(H,29,32)(H,26,27,28). The van der Waals surface area contributed by atoms with Gasteiger partial charge in [0.25, 0.3) is 0 Å². The van der Waals surface area contributed by atoms with Gasteiger partial charge in [0.05, 0.1) is 19.9 Å². The van der Waals surface area contributed by atoms with E-state index in [0.29, 0.717) is 49.2 Å². The number of piperazine rings is 1. The molecule has 1 aromatic heterocycles. The Morgan fingerprint density at radius 2 is 1.65 bits per heavy atom. The summed E-state index contributed by atoms with van der Waals surface area (Å²) in [6.07, 6.45) is 0. The van der Waals surface area contributed by atoms with E-state index in [1.165, 1.54) is 5.56 Å². The molecule has 2 N–H and O–H groups in total. The summed E-state index contributed by atoms with van der Waals surface area (Å²) in [5, 5.41) is 6.29. The Labute approximate surface area is 199 Å². The van der Waals surface area contributed by atoms with Crippen molar-refractivity contribution in [2.75, 3.05) is 55.9 Å². The highest BCUT2D eigenvalue weighted by Gasteiger charge is 2.23. The molecule has 1 saturated heterocycles. The predicted octanol–water partition coefficient (Wildman–Crippen LogP) is 4.21. The number of anilines is 4. The first-order valence-corrected chi connectivity index (χ1v) is 11.2. The van der Waals surface area contributed by atoms with Gasteiger partial charge in [0.15, 0.2) is 0 Å². The maximum absolute atomic E-state index is 12.9.